The van der Waals surface area contributed by atoms with Crippen molar-refractivity contribution in [2.45, 2.75) is 19.3 Å². The van der Waals surface area contributed by atoms with Crippen LogP contribution in [0.5, 0.6) is 0 Å². The third kappa shape index (κ3) is 2.52. The van der Waals surface area contributed by atoms with Crippen molar-refractivity contribution >= 4 is 28.5 Å². The van der Waals surface area contributed by atoms with Crippen molar-refractivity contribution in [2.24, 2.45) is 4.99 Å². The first-order valence-corrected chi connectivity index (χ1v) is 8.51. The van der Waals surface area contributed by atoms with E-state index >= 15 is 0 Å². The van der Waals surface area contributed by atoms with Gasteiger partial charge in [0.15, 0.2) is 0 Å². The molecule has 0 atom stereocenters. The van der Waals surface area contributed by atoms with Crippen LogP contribution in [0.2, 0.25) is 0 Å². The van der Waals surface area contributed by atoms with Crippen molar-refractivity contribution in [3.63, 3.8) is 0 Å². The molecule has 3 nitrogen and oxygen atoms in total. The summed E-state index contributed by atoms with van der Waals surface area (Å²) in [6.45, 7) is 4.52. The number of anilines is 1. The number of aliphatic imine (C=N–C) groups is 1. The van der Waals surface area contributed by atoms with Crippen molar-refractivity contribution in [2.75, 3.05) is 11.9 Å². The minimum Gasteiger partial charge on any atom is -0.347 e. The van der Waals surface area contributed by atoms with Crippen LogP contribution in [0.15, 0.2) is 77.6 Å². The fraction of sp³-hybridized carbons (Fsp3) is 0.182. The Balaban J connectivity index is 1.71. The fourth-order valence-corrected chi connectivity index (χ4v) is 3.68. The molecule has 1 aliphatic rings. The molecule has 3 heteroatoms. The van der Waals surface area contributed by atoms with Gasteiger partial charge in [-0.05, 0) is 29.8 Å². The predicted molar refractivity (Wildman–Crippen MR) is 106 cm³/mol. The van der Waals surface area contributed by atoms with Gasteiger partial charge in [-0.15, -0.1) is 0 Å². The maximum atomic E-state index is 4.67. The average molecular weight is 327 g/mol. The van der Waals surface area contributed by atoms with Crippen LogP contribution >= 0.6 is 0 Å². The highest BCUT2D eigenvalue weighted by Gasteiger charge is 2.37. The highest BCUT2D eigenvalue weighted by atomic mass is 15.2. The molecule has 0 unspecified atom stereocenters. The van der Waals surface area contributed by atoms with E-state index in [1.54, 1.807) is 0 Å². The number of likely N-dealkylation sites (N-methyl/N-ethyl adjacent to an activating group) is 1. The van der Waals surface area contributed by atoms with Gasteiger partial charge in [-0.1, -0.05) is 50.2 Å². The monoisotopic (exact) mass is 327 g/mol. The molecule has 0 spiro atoms. The fourth-order valence-electron chi connectivity index (χ4n) is 3.68. The first-order valence-electron chi connectivity index (χ1n) is 8.51. The largest absolute Gasteiger partial charge is 0.347 e. The van der Waals surface area contributed by atoms with Gasteiger partial charge in [0, 0.05) is 41.6 Å². The third-order valence-corrected chi connectivity index (χ3v) is 5.00. The number of allylic oxidation sites excluding steroid dienone is 2. The molecule has 0 amide bonds. The number of hydrogen-bond donors (Lipinski definition) is 0. The van der Waals surface area contributed by atoms with Gasteiger partial charge >= 0.3 is 0 Å². The molecule has 0 aliphatic carbocycles. The van der Waals surface area contributed by atoms with E-state index in [4.69, 9.17) is 0 Å². The van der Waals surface area contributed by atoms with Crippen LogP contribution in [0.25, 0.3) is 10.9 Å². The Morgan fingerprint density at radius 3 is 2.64 bits per heavy atom. The van der Waals surface area contributed by atoms with Crippen LogP contribution in [0.1, 0.15) is 19.4 Å². The number of nitrogens with zero attached hydrogens (tertiary/aromatic N) is 3. The molecular weight excluding hydrogens is 306 g/mol. The second kappa shape index (κ2) is 5.85. The molecule has 0 fully saturated rings. The van der Waals surface area contributed by atoms with E-state index in [-0.39, 0.29) is 5.41 Å². The van der Waals surface area contributed by atoms with Crippen LogP contribution in [0.3, 0.4) is 0 Å². The van der Waals surface area contributed by atoms with E-state index in [2.05, 4.69) is 78.2 Å². The first kappa shape index (κ1) is 15.6. The van der Waals surface area contributed by atoms with Gasteiger partial charge < -0.3 is 4.90 Å². The Hall–Kier alpha value is -2.94. The summed E-state index contributed by atoms with van der Waals surface area (Å²) in [5.41, 5.74) is 5.65. The molecule has 25 heavy (non-hydrogen) atoms. The number of fused-ring (bicyclic) bond motifs is 2. The van der Waals surface area contributed by atoms with Crippen LogP contribution in [-0.2, 0) is 5.41 Å². The van der Waals surface area contributed by atoms with Crippen LogP contribution in [0, 0.1) is 0 Å². The van der Waals surface area contributed by atoms with Crippen molar-refractivity contribution in [1.82, 2.24) is 4.98 Å². The molecular formula is C22H21N3. The normalized spacial score (nSPS) is 17.6. The lowest BCUT2D eigenvalue weighted by molar-refractivity contribution is 0.641. The topological polar surface area (TPSA) is 28.5 Å². The van der Waals surface area contributed by atoms with Crippen LogP contribution in [0.4, 0.5) is 11.4 Å². The Morgan fingerprint density at radius 1 is 1.00 bits per heavy atom. The van der Waals surface area contributed by atoms with Crippen LogP contribution < -0.4 is 4.90 Å². The number of para-hydroxylation sites is 2. The molecule has 1 aliphatic heterocycles. The molecule has 2 heterocycles. The minimum atomic E-state index is -0.0334. The number of benzene rings is 2. The van der Waals surface area contributed by atoms with E-state index in [0.29, 0.717) is 0 Å². The zero-order valence-corrected chi connectivity index (χ0v) is 14.8. The third-order valence-electron chi connectivity index (χ3n) is 5.00. The zero-order valence-electron chi connectivity index (χ0n) is 14.8. The van der Waals surface area contributed by atoms with E-state index in [9.17, 15) is 0 Å². The van der Waals surface area contributed by atoms with Crippen molar-refractivity contribution in [3.8, 4) is 0 Å². The summed E-state index contributed by atoms with van der Waals surface area (Å²) in [5, 5.41) is 1.11. The summed E-state index contributed by atoms with van der Waals surface area (Å²) in [6, 6.07) is 18.7. The Kier molecular flexibility index (Phi) is 3.65. The molecule has 4 rings (SSSR count). The zero-order chi connectivity index (χ0) is 17.4. The SMILES string of the molecule is CN1/C(=C\C=Nc2cccc3cccnc23)C(C)(C)c2ccccc21. The van der Waals surface area contributed by atoms with Gasteiger partial charge in [-0.3, -0.25) is 9.98 Å². The van der Waals surface area contributed by atoms with E-state index in [1.807, 2.05) is 30.6 Å². The standard InChI is InChI=1S/C22H21N3/c1-22(2)17-10-4-5-12-19(17)25(3)20(22)13-15-23-18-11-6-8-16-9-7-14-24-21(16)18/h4-15H,1-3H3/b20-13-,23-15?. The van der Waals surface area contributed by atoms with E-state index < -0.39 is 0 Å². The van der Waals surface area contributed by atoms with Crippen LogP contribution in [-0.4, -0.2) is 18.2 Å². The number of hydrogen-bond acceptors (Lipinski definition) is 3. The van der Waals surface area contributed by atoms with E-state index in [0.717, 1.165) is 16.6 Å². The molecule has 0 saturated carbocycles. The summed E-state index contributed by atoms with van der Waals surface area (Å²) in [5.74, 6) is 0. The van der Waals surface area contributed by atoms with Crippen molar-refractivity contribution in [1.29, 1.82) is 0 Å². The highest BCUT2D eigenvalue weighted by Crippen LogP contribution is 2.46. The lowest BCUT2D eigenvalue weighted by Crippen LogP contribution is -2.23. The highest BCUT2D eigenvalue weighted by molar-refractivity contribution is 5.91. The van der Waals surface area contributed by atoms with Crippen molar-refractivity contribution in [3.05, 3.63) is 78.1 Å². The maximum absolute atomic E-state index is 4.67. The summed E-state index contributed by atoms with van der Waals surface area (Å²) >= 11 is 0. The number of rotatable bonds is 2. The lowest BCUT2D eigenvalue weighted by Gasteiger charge is -2.23. The van der Waals surface area contributed by atoms with Gasteiger partial charge in [0.25, 0.3) is 0 Å². The molecule has 0 radical (unpaired) electrons. The molecule has 2 aromatic carbocycles. The molecule has 0 bridgehead atoms. The van der Waals surface area contributed by atoms with Gasteiger partial charge in [-0.2, -0.15) is 0 Å². The smallest absolute Gasteiger partial charge is 0.0958 e. The Bertz CT molecular complexity index is 994. The average Bonchev–Trinajstić information content (AvgIpc) is 2.83. The van der Waals surface area contributed by atoms with Gasteiger partial charge in [-0.25, -0.2) is 0 Å². The lowest BCUT2D eigenvalue weighted by atomic mass is 9.84. The maximum Gasteiger partial charge on any atom is 0.0958 e. The summed E-state index contributed by atoms with van der Waals surface area (Å²) in [4.78, 5) is 11.4. The van der Waals surface area contributed by atoms with Gasteiger partial charge in [0.1, 0.15) is 0 Å². The molecule has 0 N–H and O–H groups in total. The second-order valence-corrected chi connectivity index (χ2v) is 6.88. The van der Waals surface area contributed by atoms with Gasteiger partial charge in [0.05, 0.1) is 11.2 Å². The predicted octanol–water partition coefficient (Wildman–Crippen LogP) is 5.25. The molecule has 124 valence electrons. The molecule has 0 saturated heterocycles. The summed E-state index contributed by atoms with van der Waals surface area (Å²) in [7, 11) is 2.12. The minimum absolute atomic E-state index is 0.0334. The summed E-state index contributed by atoms with van der Waals surface area (Å²) in [6.07, 6.45) is 5.81. The summed E-state index contributed by atoms with van der Waals surface area (Å²) < 4.78 is 0. The van der Waals surface area contributed by atoms with E-state index in [1.165, 1.54) is 16.9 Å². The van der Waals surface area contributed by atoms with Crippen molar-refractivity contribution < 1.29 is 0 Å². The Labute approximate surface area is 148 Å². The second-order valence-electron chi connectivity index (χ2n) is 6.88. The number of pyridine rings is 1. The first-order chi connectivity index (χ1) is 12.1. The number of aromatic nitrogens is 1. The van der Waals surface area contributed by atoms with Gasteiger partial charge in [0.2, 0.25) is 0 Å². The Morgan fingerprint density at radius 2 is 1.80 bits per heavy atom. The molecule has 3 aromatic rings. The molecule has 1 aromatic heterocycles. The quantitative estimate of drug-likeness (QED) is 0.602.